The lowest BCUT2D eigenvalue weighted by molar-refractivity contribution is 0.603. The molecule has 2 aromatic heterocycles. The molecule has 0 saturated carbocycles. The molecule has 0 atom stereocenters. The second-order valence-corrected chi connectivity index (χ2v) is 7.39. The van der Waals surface area contributed by atoms with E-state index in [2.05, 4.69) is 14.7 Å². The van der Waals surface area contributed by atoms with Gasteiger partial charge < -0.3 is 4.98 Å². The quantitative estimate of drug-likeness (QED) is 0.780. The standard InChI is InChI=1S/C11H8ClN3O2S2/c12-9-5-6-10(18-9)19(16,17)15-11-13-7-3-1-2-4-8(7)14-11/h1-6H,(H2,13,14,15). The third kappa shape index (κ3) is 2.44. The minimum atomic E-state index is -3.65. The third-order valence-corrected chi connectivity index (χ3v) is 5.50. The minimum Gasteiger partial charge on any atom is -0.323 e. The second-order valence-electron chi connectivity index (χ2n) is 3.77. The molecule has 2 N–H and O–H groups in total. The van der Waals surface area contributed by atoms with Gasteiger partial charge in [-0.15, -0.1) is 11.3 Å². The van der Waals surface area contributed by atoms with Gasteiger partial charge in [-0.1, -0.05) is 23.7 Å². The van der Waals surface area contributed by atoms with Crippen LogP contribution in [-0.4, -0.2) is 18.4 Å². The number of aromatic nitrogens is 2. The first-order valence-corrected chi connectivity index (χ1v) is 7.95. The van der Waals surface area contributed by atoms with E-state index in [0.29, 0.717) is 9.85 Å². The van der Waals surface area contributed by atoms with Gasteiger partial charge in [-0.3, -0.25) is 0 Å². The summed E-state index contributed by atoms with van der Waals surface area (Å²) in [5.74, 6) is 0.186. The predicted molar refractivity (Wildman–Crippen MR) is 76.2 cm³/mol. The molecule has 0 bridgehead atoms. The van der Waals surface area contributed by atoms with Gasteiger partial charge in [-0.25, -0.2) is 18.1 Å². The number of fused-ring (bicyclic) bond motifs is 1. The van der Waals surface area contributed by atoms with Crippen molar-refractivity contribution < 1.29 is 8.42 Å². The Hall–Kier alpha value is -1.57. The van der Waals surface area contributed by atoms with Crippen molar-refractivity contribution >= 4 is 49.9 Å². The lowest BCUT2D eigenvalue weighted by atomic mass is 10.3. The minimum absolute atomic E-state index is 0.151. The van der Waals surface area contributed by atoms with E-state index in [1.165, 1.54) is 6.07 Å². The SMILES string of the molecule is O=S(=O)(Nc1nc2ccccc2[nH]1)c1ccc(Cl)s1. The van der Waals surface area contributed by atoms with E-state index in [9.17, 15) is 8.42 Å². The normalized spacial score (nSPS) is 11.8. The predicted octanol–water partition coefficient (Wildman–Crippen LogP) is 3.08. The number of H-pyrrole nitrogens is 1. The number of thiophene rings is 1. The van der Waals surface area contributed by atoms with Gasteiger partial charge in [-0.05, 0) is 24.3 Å². The highest BCUT2D eigenvalue weighted by molar-refractivity contribution is 7.94. The molecule has 0 aliphatic rings. The number of benzene rings is 1. The van der Waals surface area contributed by atoms with Gasteiger partial charge in [0.05, 0.1) is 15.4 Å². The molecule has 0 aliphatic carbocycles. The van der Waals surface area contributed by atoms with Gasteiger partial charge in [0.2, 0.25) is 5.95 Å². The van der Waals surface area contributed by atoms with Crippen LogP contribution in [0.25, 0.3) is 11.0 Å². The van der Waals surface area contributed by atoms with Crippen molar-refractivity contribution in [3.05, 3.63) is 40.7 Å². The lowest BCUT2D eigenvalue weighted by Crippen LogP contribution is -2.12. The smallest absolute Gasteiger partial charge is 0.273 e. The van der Waals surface area contributed by atoms with Crippen LogP contribution in [0.5, 0.6) is 0 Å². The van der Waals surface area contributed by atoms with Crippen molar-refractivity contribution in [1.29, 1.82) is 0 Å². The van der Waals surface area contributed by atoms with Crippen LogP contribution < -0.4 is 4.72 Å². The Kier molecular flexibility index (Phi) is 2.96. The summed E-state index contributed by atoms with van der Waals surface area (Å²) >= 11 is 6.73. The Morgan fingerprint density at radius 1 is 1.21 bits per heavy atom. The van der Waals surface area contributed by atoms with Crippen LogP contribution in [0.1, 0.15) is 0 Å². The van der Waals surface area contributed by atoms with Crippen LogP contribution in [0.3, 0.4) is 0 Å². The maximum atomic E-state index is 12.1. The topological polar surface area (TPSA) is 74.8 Å². The number of hydrogen-bond donors (Lipinski definition) is 2. The summed E-state index contributed by atoms with van der Waals surface area (Å²) in [7, 11) is -3.65. The highest BCUT2D eigenvalue weighted by atomic mass is 35.5. The summed E-state index contributed by atoms with van der Waals surface area (Å²) in [4.78, 5) is 7.05. The molecule has 5 nitrogen and oxygen atoms in total. The molecule has 0 amide bonds. The van der Waals surface area contributed by atoms with Gasteiger partial charge in [0.1, 0.15) is 4.21 Å². The van der Waals surface area contributed by atoms with E-state index in [1.807, 2.05) is 18.2 Å². The molecule has 3 aromatic rings. The Morgan fingerprint density at radius 3 is 2.68 bits per heavy atom. The number of imidazole rings is 1. The highest BCUT2D eigenvalue weighted by Gasteiger charge is 2.18. The number of anilines is 1. The van der Waals surface area contributed by atoms with Gasteiger partial charge in [0, 0.05) is 0 Å². The number of aromatic amines is 1. The van der Waals surface area contributed by atoms with Crippen LogP contribution in [0.2, 0.25) is 4.34 Å². The zero-order chi connectivity index (χ0) is 13.5. The van der Waals surface area contributed by atoms with Gasteiger partial charge in [-0.2, -0.15) is 0 Å². The van der Waals surface area contributed by atoms with E-state index in [0.717, 1.165) is 16.9 Å². The van der Waals surface area contributed by atoms with Crippen LogP contribution in [0.15, 0.2) is 40.6 Å². The van der Waals surface area contributed by atoms with E-state index in [-0.39, 0.29) is 10.2 Å². The fourth-order valence-corrected chi connectivity index (χ4v) is 4.07. The largest absolute Gasteiger partial charge is 0.323 e. The zero-order valence-corrected chi connectivity index (χ0v) is 11.8. The summed E-state index contributed by atoms with van der Waals surface area (Å²) in [6.07, 6.45) is 0. The molecule has 0 fully saturated rings. The molecular weight excluding hydrogens is 306 g/mol. The Bertz CT molecular complexity index is 805. The summed E-state index contributed by atoms with van der Waals surface area (Å²) < 4.78 is 27.1. The summed E-state index contributed by atoms with van der Waals surface area (Å²) in [6, 6.07) is 10.3. The van der Waals surface area contributed by atoms with E-state index >= 15 is 0 Å². The molecule has 19 heavy (non-hydrogen) atoms. The van der Waals surface area contributed by atoms with E-state index in [1.54, 1.807) is 12.1 Å². The Labute approximate surface area is 118 Å². The average molecular weight is 314 g/mol. The molecule has 0 unspecified atom stereocenters. The molecule has 3 rings (SSSR count). The van der Waals surface area contributed by atoms with Crippen molar-refractivity contribution in [3.8, 4) is 0 Å². The van der Waals surface area contributed by atoms with Gasteiger partial charge in [0.25, 0.3) is 10.0 Å². The Balaban J connectivity index is 1.96. The van der Waals surface area contributed by atoms with Crippen LogP contribution in [0, 0.1) is 0 Å². The molecule has 2 heterocycles. The second kappa shape index (κ2) is 4.52. The van der Waals surface area contributed by atoms with Crippen molar-refractivity contribution in [2.45, 2.75) is 4.21 Å². The van der Waals surface area contributed by atoms with Crippen LogP contribution >= 0.6 is 22.9 Å². The molecule has 0 aliphatic heterocycles. The number of rotatable bonds is 3. The fourth-order valence-electron chi connectivity index (χ4n) is 1.62. The molecular formula is C11H8ClN3O2S2. The number of halogens is 1. The van der Waals surface area contributed by atoms with E-state index < -0.39 is 10.0 Å². The molecule has 98 valence electrons. The Morgan fingerprint density at radius 2 is 2.00 bits per heavy atom. The number of nitrogens with zero attached hydrogens (tertiary/aromatic N) is 1. The van der Waals surface area contributed by atoms with E-state index in [4.69, 9.17) is 11.6 Å². The number of hydrogen-bond acceptors (Lipinski definition) is 4. The molecule has 8 heteroatoms. The number of nitrogens with one attached hydrogen (secondary N) is 2. The lowest BCUT2D eigenvalue weighted by Gasteiger charge is -2.01. The maximum Gasteiger partial charge on any atom is 0.273 e. The molecule has 0 radical (unpaired) electrons. The average Bonchev–Trinajstić information content (AvgIpc) is 2.94. The van der Waals surface area contributed by atoms with Gasteiger partial charge >= 0.3 is 0 Å². The molecule has 1 aromatic carbocycles. The summed E-state index contributed by atoms with van der Waals surface area (Å²) in [6.45, 7) is 0. The van der Waals surface area contributed by atoms with Crippen LogP contribution in [-0.2, 0) is 10.0 Å². The molecule has 0 saturated heterocycles. The zero-order valence-electron chi connectivity index (χ0n) is 9.42. The summed E-state index contributed by atoms with van der Waals surface area (Å²) in [5.41, 5.74) is 1.47. The maximum absolute atomic E-state index is 12.1. The van der Waals surface area contributed by atoms with Crippen molar-refractivity contribution in [2.75, 3.05) is 4.72 Å². The third-order valence-electron chi connectivity index (χ3n) is 2.43. The monoisotopic (exact) mass is 313 g/mol. The molecule has 0 spiro atoms. The summed E-state index contributed by atoms with van der Waals surface area (Å²) in [5, 5.41) is 0. The number of para-hydroxylation sites is 2. The van der Waals surface area contributed by atoms with Crippen molar-refractivity contribution in [3.63, 3.8) is 0 Å². The van der Waals surface area contributed by atoms with Crippen molar-refractivity contribution in [1.82, 2.24) is 9.97 Å². The first-order valence-electron chi connectivity index (χ1n) is 5.27. The van der Waals surface area contributed by atoms with Gasteiger partial charge in [0.15, 0.2) is 0 Å². The van der Waals surface area contributed by atoms with Crippen LogP contribution in [0.4, 0.5) is 5.95 Å². The highest BCUT2D eigenvalue weighted by Crippen LogP contribution is 2.27. The van der Waals surface area contributed by atoms with Crippen molar-refractivity contribution in [2.24, 2.45) is 0 Å². The fraction of sp³-hybridized carbons (Fsp3) is 0. The first kappa shape index (κ1) is 12.5. The first-order chi connectivity index (χ1) is 9.04. The number of sulfonamides is 1.